The molecule has 0 amide bonds. The Labute approximate surface area is 281 Å². The van der Waals surface area contributed by atoms with Crippen LogP contribution in [0.2, 0.25) is 10.0 Å². The van der Waals surface area contributed by atoms with E-state index < -0.39 is 10.0 Å². The van der Waals surface area contributed by atoms with Crippen molar-refractivity contribution in [2.75, 3.05) is 43.9 Å². The van der Waals surface area contributed by atoms with Crippen LogP contribution in [0.25, 0.3) is 22.4 Å². The summed E-state index contributed by atoms with van der Waals surface area (Å²) < 4.78 is 28.7. The van der Waals surface area contributed by atoms with Crippen LogP contribution in [0.15, 0.2) is 66.7 Å². The number of benzene rings is 3. The molecule has 4 aromatic rings. The number of nitrogens with one attached hydrogen (secondary N) is 1. The van der Waals surface area contributed by atoms with Gasteiger partial charge in [0.1, 0.15) is 0 Å². The summed E-state index contributed by atoms with van der Waals surface area (Å²) in [4.78, 5) is 2.53. The van der Waals surface area contributed by atoms with Crippen LogP contribution >= 0.6 is 35.0 Å². The van der Waals surface area contributed by atoms with E-state index in [1.807, 2.05) is 48.2 Å². The number of aromatic nitrogens is 2. The molecule has 1 saturated heterocycles. The Kier molecular flexibility index (Phi) is 10.6. The first kappa shape index (κ1) is 32.6. The van der Waals surface area contributed by atoms with Crippen LogP contribution in [0.4, 0.5) is 0 Å². The molecule has 0 aliphatic carbocycles. The van der Waals surface area contributed by atoms with E-state index in [1.54, 1.807) is 4.31 Å². The molecule has 1 N–H and O–H groups in total. The molecule has 45 heavy (non-hydrogen) atoms. The fourth-order valence-electron chi connectivity index (χ4n) is 6.08. The summed E-state index contributed by atoms with van der Waals surface area (Å²) in [5, 5.41) is 10.0. The number of thioether (sulfide) groups is 1. The molecule has 6 rings (SSSR count). The van der Waals surface area contributed by atoms with Crippen molar-refractivity contribution in [3.63, 3.8) is 0 Å². The lowest BCUT2D eigenvalue weighted by atomic mass is 9.97. The SMILES string of the molecule is CS(=O)(=O)N1CCc2c(c(-c3ccc(Cl)c(-c4ccc(CNCc5ccc(Cl)cc5)cc4)c3)nn2CCCN2CCSCC2)C1. The summed E-state index contributed by atoms with van der Waals surface area (Å²) in [5.74, 6) is 2.40. The van der Waals surface area contributed by atoms with Crippen molar-refractivity contribution in [3.05, 3.63) is 99.2 Å². The lowest BCUT2D eigenvalue weighted by Gasteiger charge is -2.27. The molecule has 0 radical (unpaired) electrons. The van der Waals surface area contributed by atoms with Crippen LogP contribution in [0.3, 0.4) is 0 Å². The molecule has 238 valence electrons. The summed E-state index contributed by atoms with van der Waals surface area (Å²) in [6.07, 6.45) is 2.96. The summed E-state index contributed by atoms with van der Waals surface area (Å²) in [6.45, 7) is 6.48. The number of fused-ring (bicyclic) bond motifs is 1. The number of hydrogen-bond acceptors (Lipinski definition) is 6. The van der Waals surface area contributed by atoms with Crippen LogP contribution in [-0.2, 0) is 42.6 Å². The molecule has 1 fully saturated rings. The highest BCUT2D eigenvalue weighted by Gasteiger charge is 2.30. The largest absolute Gasteiger partial charge is 0.309 e. The second-order valence-corrected chi connectivity index (χ2v) is 15.8. The topological polar surface area (TPSA) is 70.5 Å². The van der Waals surface area contributed by atoms with E-state index >= 15 is 0 Å². The van der Waals surface area contributed by atoms with Crippen molar-refractivity contribution in [1.82, 2.24) is 24.3 Å². The van der Waals surface area contributed by atoms with Crippen LogP contribution in [0.1, 0.15) is 28.8 Å². The zero-order valence-corrected chi connectivity index (χ0v) is 28.7. The Morgan fingerprint density at radius 2 is 1.53 bits per heavy atom. The molecule has 0 spiro atoms. The van der Waals surface area contributed by atoms with Crippen molar-refractivity contribution < 1.29 is 8.42 Å². The molecule has 0 unspecified atom stereocenters. The van der Waals surface area contributed by atoms with Crippen molar-refractivity contribution in [3.8, 4) is 22.4 Å². The smallest absolute Gasteiger partial charge is 0.211 e. The van der Waals surface area contributed by atoms with Gasteiger partial charge in [-0.1, -0.05) is 65.7 Å². The standard InChI is InChI=1S/C34H39Cl2N5O2S2/c1-45(42,43)40-16-13-33-31(24-40)34(38-41(33)15-2-14-39-17-19-44-20-18-39)28-9-12-32(36)30(21-28)27-7-3-25(4-8-27)22-37-23-26-5-10-29(35)11-6-26/h3-12,21,37H,2,13-20,22-24H2,1H3. The Morgan fingerprint density at radius 3 is 2.22 bits per heavy atom. The fraction of sp³-hybridized carbons (Fsp3) is 0.382. The number of rotatable bonds is 11. The molecule has 3 aromatic carbocycles. The maximum atomic E-state index is 12.5. The van der Waals surface area contributed by atoms with Gasteiger partial charge in [-0.25, -0.2) is 8.42 Å². The Bertz CT molecular complexity index is 1720. The van der Waals surface area contributed by atoms with Gasteiger partial charge in [-0.3, -0.25) is 4.68 Å². The minimum atomic E-state index is -3.32. The zero-order valence-electron chi connectivity index (χ0n) is 25.5. The third kappa shape index (κ3) is 8.14. The number of hydrogen-bond donors (Lipinski definition) is 1. The van der Waals surface area contributed by atoms with Gasteiger partial charge in [0.05, 0.1) is 11.9 Å². The highest BCUT2D eigenvalue weighted by Crippen LogP contribution is 2.36. The van der Waals surface area contributed by atoms with Gasteiger partial charge < -0.3 is 10.2 Å². The van der Waals surface area contributed by atoms with E-state index in [9.17, 15) is 8.42 Å². The van der Waals surface area contributed by atoms with Gasteiger partial charge in [-0.2, -0.15) is 21.2 Å². The second kappa shape index (κ2) is 14.6. The van der Waals surface area contributed by atoms with Crippen LogP contribution in [0.5, 0.6) is 0 Å². The van der Waals surface area contributed by atoms with Crippen LogP contribution in [-0.4, -0.2) is 71.3 Å². The number of aryl methyl sites for hydroxylation is 1. The maximum Gasteiger partial charge on any atom is 0.211 e. The van der Waals surface area contributed by atoms with E-state index in [-0.39, 0.29) is 0 Å². The van der Waals surface area contributed by atoms with E-state index in [0.717, 1.165) is 84.4 Å². The maximum absolute atomic E-state index is 12.5. The predicted octanol–water partition coefficient (Wildman–Crippen LogP) is 6.57. The van der Waals surface area contributed by atoms with Crippen LogP contribution in [0, 0.1) is 0 Å². The third-order valence-electron chi connectivity index (χ3n) is 8.59. The summed E-state index contributed by atoms with van der Waals surface area (Å²) >= 11 is 14.8. The van der Waals surface area contributed by atoms with Gasteiger partial charge >= 0.3 is 0 Å². The van der Waals surface area contributed by atoms with E-state index in [1.165, 1.54) is 28.9 Å². The Balaban J connectivity index is 1.21. The molecule has 0 bridgehead atoms. The molecule has 0 atom stereocenters. The minimum absolute atomic E-state index is 0.336. The average molecular weight is 685 g/mol. The Morgan fingerprint density at radius 1 is 0.867 bits per heavy atom. The van der Waals surface area contributed by atoms with Gasteiger partial charge in [0.15, 0.2) is 0 Å². The highest BCUT2D eigenvalue weighted by atomic mass is 35.5. The second-order valence-electron chi connectivity index (χ2n) is 11.8. The quantitative estimate of drug-likeness (QED) is 0.193. The van der Waals surface area contributed by atoms with Gasteiger partial charge in [-0.15, -0.1) is 0 Å². The van der Waals surface area contributed by atoms with E-state index in [2.05, 4.69) is 45.2 Å². The zero-order chi connectivity index (χ0) is 31.4. The normalized spacial score (nSPS) is 16.2. The van der Waals surface area contributed by atoms with Crippen molar-refractivity contribution in [1.29, 1.82) is 0 Å². The molecular formula is C34H39Cl2N5O2S2. The molecule has 2 aliphatic heterocycles. The molecular weight excluding hydrogens is 645 g/mol. The average Bonchev–Trinajstić information content (AvgIpc) is 3.41. The lowest BCUT2D eigenvalue weighted by Crippen LogP contribution is -2.36. The highest BCUT2D eigenvalue weighted by molar-refractivity contribution is 7.99. The molecule has 3 heterocycles. The van der Waals surface area contributed by atoms with Gasteiger partial charge in [0.25, 0.3) is 0 Å². The van der Waals surface area contributed by atoms with Crippen molar-refractivity contribution >= 4 is 45.0 Å². The fourth-order valence-corrected chi connectivity index (χ4v) is 8.20. The summed E-state index contributed by atoms with van der Waals surface area (Å²) in [6, 6.07) is 22.3. The minimum Gasteiger partial charge on any atom is -0.309 e. The Hall–Kier alpha value is -2.37. The first-order valence-corrected chi connectivity index (χ1v) is 19.2. The first-order valence-electron chi connectivity index (χ1n) is 15.4. The summed E-state index contributed by atoms with van der Waals surface area (Å²) in [7, 11) is -3.32. The first-order chi connectivity index (χ1) is 21.7. The number of nitrogens with zero attached hydrogens (tertiary/aromatic N) is 4. The number of halogens is 2. The molecule has 1 aromatic heterocycles. The molecule has 2 aliphatic rings. The monoisotopic (exact) mass is 683 g/mol. The predicted molar refractivity (Wildman–Crippen MR) is 187 cm³/mol. The van der Waals surface area contributed by atoms with Gasteiger partial charge in [0, 0.05) is 96.2 Å². The molecule has 7 nitrogen and oxygen atoms in total. The number of sulfonamides is 1. The van der Waals surface area contributed by atoms with E-state index in [4.69, 9.17) is 28.3 Å². The van der Waals surface area contributed by atoms with Gasteiger partial charge in [-0.05, 0) is 53.9 Å². The van der Waals surface area contributed by atoms with Crippen molar-refractivity contribution in [2.24, 2.45) is 0 Å². The van der Waals surface area contributed by atoms with Crippen molar-refractivity contribution in [2.45, 2.75) is 39.0 Å². The van der Waals surface area contributed by atoms with Gasteiger partial charge in [0.2, 0.25) is 10.0 Å². The third-order valence-corrected chi connectivity index (χ3v) is 11.4. The van der Waals surface area contributed by atoms with Crippen LogP contribution < -0.4 is 5.32 Å². The van der Waals surface area contributed by atoms with E-state index in [0.29, 0.717) is 24.5 Å². The summed E-state index contributed by atoms with van der Waals surface area (Å²) in [5.41, 5.74) is 8.24. The lowest BCUT2D eigenvalue weighted by molar-refractivity contribution is 0.288. The molecule has 11 heteroatoms. The molecule has 0 saturated carbocycles.